The summed E-state index contributed by atoms with van der Waals surface area (Å²) in [7, 11) is 1.67. The molecule has 0 fully saturated rings. The van der Waals surface area contributed by atoms with Gasteiger partial charge >= 0.3 is 5.97 Å². The Morgan fingerprint density at radius 2 is 2.17 bits per heavy atom. The number of nitrogens with one attached hydrogen (secondary N) is 1. The summed E-state index contributed by atoms with van der Waals surface area (Å²) in [5.41, 5.74) is 0. The number of rotatable bonds is 4. The molecule has 2 N–H and O–H groups in total. The fraction of sp³-hybridized carbons (Fsp3) is 0.875. The first-order chi connectivity index (χ1) is 5.13. The molecule has 0 bridgehead atoms. The summed E-state index contributed by atoms with van der Waals surface area (Å²) in [6, 6.07) is -0.269. The van der Waals surface area contributed by atoms with E-state index in [0.29, 0.717) is 6.61 Å². The molecule has 74 valence electrons. The molecule has 0 aromatic rings. The number of aliphatic hydroxyl groups excluding tert-OH is 1. The van der Waals surface area contributed by atoms with Crippen molar-refractivity contribution in [2.45, 2.75) is 33.4 Å². The highest BCUT2D eigenvalue weighted by Gasteiger charge is 2.21. The minimum absolute atomic E-state index is 0. The molecule has 0 amide bonds. The van der Waals surface area contributed by atoms with Gasteiger partial charge in [-0.25, -0.2) is 4.79 Å². The summed E-state index contributed by atoms with van der Waals surface area (Å²) in [5.74, 6) is -0.575. The van der Waals surface area contributed by atoms with E-state index in [1.54, 1.807) is 20.9 Å². The number of carbonyl (C=O) groups is 1. The van der Waals surface area contributed by atoms with Crippen molar-refractivity contribution in [1.82, 2.24) is 5.32 Å². The van der Waals surface area contributed by atoms with Crippen LogP contribution in [0.3, 0.4) is 0 Å². The van der Waals surface area contributed by atoms with Crippen molar-refractivity contribution in [2.24, 2.45) is 0 Å². The Hall–Kier alpha value is -0.610. The van der Waals surface area contributed by atoms with Crippen LogP contribution < -0.4 is 5.32 Å². The second-order valence-corrected chi connectivity index (χ2v) is 2.27. The van der Waals surface area contributed by atoms with E-state index in [2.05, 4.69) is 10.1 Å². The molecule has 0 radical (unpaired) electrons. The van der Waals surface area contributed by atoms with Crippen LogP contribution in [-0.2, 0) is 9.53 Å². The molecule has 0 aromatic carbocycles. The van der Waals surface area contributed by atoms with Gasteiger partial charge in [-0.15, -0.1) is 0 Å². The van der Waals surface area contributed by atoms with Gasteiger partial charge in [0.2, 0.25) is 0 Å². The minimum Gasteiger partial charge on any atom is -0.464 e. The van der Waals surface area contributed by atoms with Crippen LogP contribution in [0.4, 0.5) is 0 Å². The van der Waals surface area contributed by atoms with E-state index >= 15 is 0 Å². The number of aliphatic hydroxyl groups is 1. The molecule has 2 atom stereocenters. The lowest BCUT2D eigenvalue weighted by atomic mass is 10.2. The fourth-order valence-corrected chi connectivity index (χ4v) is 0.590. The van der Waals surface area contributed by atoms with Crippen molar-refractivity contribution in [3.05, 3.63) is 0 Å². The van der Waals surface area contributed by atoms with Crippen LogP contribution in [0.5, 0.6) is 0 Å². The maximum absolute atomic E-state index is 10.8. The van der Waals surface area contributed by atoms with E-state index in [-0.39, 0.29) is 13.5 Å². The van der Waals surface area contributed by atoms with Gasteiger partial charge in [0, 0.05) is 6.04 Å². The molecule has 0 aliphatic carbocycles. The molecule has 4 nitrogen and oxygen atoms in total. The Morgan fingerprint density at radius 3 is 2.50 bits per heavy atom. The van der Waals surface area contributed by atoms with Gasteiger partial charge in [-0.1, -0.05) is 7.43 Å². The minimum atomic E-state index is -1.07. The Labute approximate surface area is 73.9 Å². The Bertz CT molecular complexity index is 127. The molecule has 0 heterocycles. The Kier molecular flexibility index (Phi) is 8.21. The number of ether oxygens (including phenoxy) is 1. The first kappa shape index (κ1) is 13.9. The topological polar surface area (TPSA) is 58.6 Å². The maximum atomic E-state index is 10.8. The third kappa shape index (κ3) is 4.31. The molecule has 0 saturated heterocycles. The van der Waals surface area contributed by atoms with Gasteiger partial charge in [0.1, 0.15) is 0 Å². The molecule has 12 heavy (non-hydrogen) atoms. The van der Waals surface area contributed by atoms with E-state index in [1.165, 1.54) is 0 Å². The molecule has 0 unspecified atom stereocenters. The normalized spacial score (nSPS) is 14.3. The van der Waals surface area contributed by atoms with Gasteiger partial charge in [-0.05, 0) is 20.9 Å². The first-order valence-electron chi connectivity index (χ1n) is 3.65. The van der Waals surface area contributed by atoms with Crippen molar-refractivity contribution in [1.29, 1.82) is 0 Å². The average Bonchev–Trinajstić information content (AvgIpc) is 2.02. The van der Waals surface area contributed by atoms with E-state index < -0.39 is 12.1 Å². The van der Waals surface area contributed by atoms with Gasteiger partial charge in [0.25, 0.3) is 0 Å². The van der Waals surface area contributed by atoms with Gasteiger partial charge in [0.05, 0.1) is 6.61 Å². The van der Waals surface area contributed by atoms with Crippen LogP contribution >= 0.6 is 0 Å². The van der Waals surface area contributed by atoms with Crippen LogP contribution in [0.15, 0.2) is 0 Å². The Balaban J connectivity index is 0. The lowest BCUT2D eigenvalue weighted by Crippen LogP contribution is -2.41. The van der Waals surface area contributed by atoms with E-state index in [1.807, 2.05) is 0 Å². The average molecular weight is 177 g/mol. The van der Waals surface area contributed by atoms with Crippen molar-refractivity contribution in [3.8, 4) is 0 Å². The van der Waals surface area contributed by atoms with Gasteiger partial charge in [-0.2, -0.15) is 0 Å². The largest absolute Gasteiger partial charge is 0.464 e. The third-order valence-electron chi connectivity index (χ3n) is 1.46. The maximum Gasteiger partial charge on any atom is 0.336 e. The summed E-state index contributed by atoms with van der Waals surface area (Å²) in [6.07, 6.45) is -1.07. The van der Waals surface area contributed by atoms with Crippen LogP contribution in [0.25, 0.3) is 0 Å². The second-order valence-electron chi connectivity index (χ2n) is 2.27. The second kappa shape index (κ2) is 7.06. The summed E-state index contributed by atoms with van der Waals surface area (Å²) >= 11 is 0. The molecule has 0 spiro atoms. The molecule has 0 rings (SSSR count). The molecule has 0 aliphatic rings. The zero-order valence-electron chi connectivity index (χ0n) is 7.13. The lowest BCUT2D eigenvalue weighted by Gasteiger charge is -2.15. The predicted molar refractivity (Wildman–Crippen MR) is 47.9 cm³/mol. The summed E-state index contributed by atoms with van der Waals surface area (Å²) in [6.45, 7) is 3.71. The summed E-state index contributed by atoms with van der Waals surface area (Å²) < 4.78 is 4.60. The third-order valence-corrected chi connectivity index (χ3v) is 1.46. The van der Waals surface area contributed by atoms with Crippen LogP contribution in [0.1, 0.15) is 21.3 Å². The van der Waals surface area contributed by atoms with Gasteiger partial charge in [0.15, 0.2) is 6.10 Å². The van der Waals surface area contributed by atoms with Gasteiger partial charge in [-0.3, -0.25) is 0 Å². The highest BCUT2D eigenvalue weighted by molar-refractivity contribution is 5.75. The number of likely N-dealkylation sites (N-methyl/N-ethyl adjacent to an activating group) is 1. The van der Waals surface area contributed by atoms with Crippen molar-refractivity contribution < 1.29 is 14.6 Å². The smallest absolute Gasteiger partial charge is 0.336 e. The fourth-order valence-electron chi connectivity index (χ4n) is 0.590. The van der Waals surface area contributed by atoms with E-state index in [0.717, 1.165) is 0 Å². The SMILES string of the molecule is C.CCOC(=O)[C@H](O)[C@H](C)NC. The van der Waals surface area contributed by atoms with Crippen LogP contribution in [-0.4, -0.2) is 36.9 Å². The van der Waals surface area contributed by atoms with E-state index in [4.69, 9.17) is 0 Å². The number of esters is 1. The number of hydrogen-bond donors (Lipinski definition) is 2. The quantitative estimate of drug-likeness (QED) is 0.600. The zero-order chi connectivity index (χ0) is 8.85. The molecule has 0 aromatic heterocycles. The number of carbonyl (C=O) groups excluding carboxylic acids is 1. The van der Waals surface area contributed by atoms with Crippen LogP contribution in [0.2, 0.25) is 0 Å². The summed E-state index contributed by atoms with van der Waals surface area (Å²) in [5, 5.41) is 11.9. The Morgan fingerprint density at radius 1 is 1.67 bits per heavy atom. The lowest BCUT2D eigenvalue weighted by molar-refractivity contribution is -0.154. The first-order valence-corrected chi connectivity index (χ1v) is 3.65. The molecule has 0 aliphatic heterocycles. The van der Waals surface area contributed by atoms with Gasteiger partial charge < -0.3 is 15.2 Å². The van der Waals surface area contributed by atoms with Crippen molar-refractivity contribution in [3.63, 3.8) is 0 Å². The molecule has 0 saturated carbocycles. The molecular weight excluding hydrogens is 158 g/mol. The van der Waals surface area contributed by atoms with Crippen LogP contribution in [0, 0.1) is 0 Å². The van der Waals surface area contributed by atoms with E-state index in [9.17, 15) is 9.90 Å². The summed E-state index contributed by atoms with van der Waals surface area (Å²) in [4.78, 5) is 10.8. The highest BCUT2D eigenvalue weighted by atomic mass is 16.5. The van der Waals surface area contributed by atoms with Crippen molar-refractivity contribution in [2.75, 3.05) is 13.7 Å². The monoisotopic (exact) mass is 177 g/mol. The predicted octanol–water partition coefficient (Wildman–Crippen LogP) is 0.154. The zero-order valence-corrected chi connectivity index (χ0v) is 7.13. The standard InChI is InChI=1S/C7H15NO3.CH4/c1-4-11-7(10)6(9)5(2)8-3;/h5-6,8-9H,4H2,1-3H3;1H4/t5-,6+;/m0./s1. The number of hydrogen-bond acceptors (Lipinski definition) is 4. The van der Waals surface area contributed by atoms with Crippen molar-refractivity contribution >= 4 is 5.97 Å². The molecule has 4 heteroatoms. The highest BCUT2D eigenvalue weighted by Crippen LogP contribution is 1.94. The molecular formula is C8H19NO3.